The monoisotopic (exact) mass is 384 g/mol. The quantitative estimate of drug-likeness (QED) is 0.812. The van der Waals surface area contributed by atoms with Crippen LogP contribution in [0.15, 0.2) is 24.3 Å². The molecule has 0 radical (unpaired) electrons. The third-order valence-corrected chi connectivity index (χ3v) is 6.59. The molecule has 1 fully saturated rings. The van der Waals surface area contributed by atoms with Crippen LogP contribution in [-0.4, -0.2) is 60.4 Å². The normalized spacial score (nSPS) is 30.8. The van der Waals surface area contributed by atoms with Crippen LogP contribution in [0.4, 0.5) is 4.79 Å². The van der Waals surface area contributed by atoms with Crippen LogP contribution in [0.3, 0.4) is 0 Å². The fraction of sp³-hybridized carbons (Fsp3) is 0.591. The summed E-state index contributed by atoms with van der Waals surface area (Å²) in [7, 11) is 3.34. The summed E-state index contributed by atoms with van der Waals surface area (Å²) in [6.45, 7) is 3.06. The summed E-state index contributed by atoms with van der Waals surface area (Å²) in [5.74, 6) is 2.01. The molecule has 0 unspecified atom stereocenters. The van der Waals surface area contributed by atoms with Crippen molar-refractivity contribution in [2.75, 3.05) is 27.2 Å². The van der Waals surface area contributed by atoms with Crippen molar-refractivity contribution in [1.82, 2.24) is 9.80 Å². The molecule has 1 saturated carbocycles. The first-order chi connectivity index (χ1) is 13.5. The van der Waals surface area contributed by atoms with E-state index in [4.69, 9.17) is 9.47 Å². The highest BCUT2D eigenvalue weighted by Gasteiger charge is 2.53. The lowest BCUT2D eigenvalue weighted by molar-refractivity contribution is 0.0804. The molecule has 0 aromatic heterocycles. The zero-order valence-electron chi connectivity index (χ0n) is 16.6. The minimum absolute atomic E-state index is 0.124. The van der Waals surface area contributed by atoms with Gasteiger partial charge in [-0.2, -0.15) is 0 Å². The highest BCUT2D eigenvalue weighted by Crippen LogP contribution is 2.56. The Morgan fingerprint density at radius 2 is 2.21 bits per heavy atom. The van der Waals surface area contributed by atoms with Crippen LogP contribution >= 0.6 is 0 Å². The lowest BCUT2D eigenvalue weighted by Gasteiger charge is -2.35. The molecule has 6 heteroatoms. The van der Waals surface area contributed by atoms with Crippen molar-refractivity contribution in [2.24, 2.45) is 5.92 Å². The van der Waals surface area contributed by atoms with Gasteiger partial charge in [-0.05, 0) is 43.4 Å². The molecule has 1 aromatic rings. The molecule has 28 heavy (non-hydrogen) atoms. The van der Waals surface area contributed by atoms with E-state index in [2.05, 4.69) is 17.0 Å². The second-order valence-electron chi connectivity index (χ2n) is 8.93. The number of benzene rings is 1. The lowest BCUT2D eigenvalue weighted by atomic mass is 9.69. The largest absolute Gasteiger partial charge is 0.485 e. The molecule has 2 aliphatic carbocycles. The summed E-state index contributed by atoms with van der Waals surface area (Å²) >= 11 is 0. The molecule has 150 valence electrons. The van der Waals surface area contributed by atoms with Crippen LogP contribution in [0.25, 0.3) is 0 Å². The zero-order valence-corrected chi connectivity index (χ0v) is 16.6. The Morgan fingerprint density at radius 3 is 2.96 bits per heavy atom. The Hall–Kier alpha value is -2.05. The SMILES string of the molecule is CN(C)C(=O)Oc1ccc2c3c1O[C@H]1C[C@@H](O)C=C[C@@]31CCN(CC1CC1)C2. The molecule has 0 saturated heterocycles. The number of aliphatic hydroxyl groups is 1. The summed E-state index contributed by atoms with van der Waals surface area (Å²) < 4.78 is 12.0. The first kappa shape index (κ1) is 18.0. The van der Waals surface area contributed by atoms with E-state index in [1.54, 1.807) is 14.1 Å². The van der Waals surface area contributed by atoms with Gasteiger partial charge in [-0.3, -0.25) is 4.90 Å². The van der Waals surface area contributed by atoms with Crippen LogP contribution in [0, 0.1) is 5.92 Å². The van der Waals surface area contributed by atoms with Crippen molar-refractivity contribution in [1.29, 1.82) is 0 Å². The molecule has 1 N–H and O–H groups in total. The average Bonchev–Trinajstić information content (AvgIpc) is 3.43. The van der Waals surface area contributed by atoms with Crippen molar-refractivity contribution in [2.45, 2.75) is 49.9 Å². The first-order valence-corrected chi connectivity index (χ1v) is 10.3. The van der Waals surface area contributed by atoms with E-state index in [1.807, 2.05) is 12.1 Å². The van der Waals surface area contributed by atoms with Gasteiger partial charge in [0.15, 0.2) is 11.5 Å². The fourth-order valence-corrected chi connectivity index (χ4v) is 4.92. The summed E-state index contributed by atoms with van der Waals surface area (Å²) in [6.07, 6.45) is 7.24. The molecule has 3 atom stereocenters. The average molecular weight is 384 g/mol. The van der Waals surface area contributed by atoms with Gasteiger partial charge >= 0.3 is 6.09 Å². The highest BCUT2D eigenvalue weighted by molar-refractivity contribution is 5.73. The summed E-state index contributed by atoms with van der Waals surface area (Å²) in [6, 6.07) is 3.95. The highest BCUT2D eigenvalue weighted by atomic mass is 16.6. The molecule has 1 aromatic carbocycles. The van der Waals surface area contributed by atoms with Gasteiger partial charge < -0.3 is 19.5 Å². The number of aliphatic hydroxyl groups excluding tert-OH is 1. The van der Waals surface area contributed by atoms with E-state index >= 15 is 0 Å². The zero-order chi connectivity index (χ0) is 19.5. The molecule has 4 aliphatic rings. The molecule has 0 bridgehead atoms. The third kappa shape index (κ3) is 2.90. The third-order valence-electron chi connectivity index (χ3n) is 6.59. The Morgan fingerprint density at radius 1 is 1.39 bits per heavy atom. The molecular weight excluding hydrogens is 356 g/mol. The molecular formula is C22H28N2O4. The number of hydrogen-bond donors (Lipinski definition) is 1. The van der Waals surface area contributed by atoms with E-state index < -0.39 is 12.2 Å². The summed E-state index contributed by atoms with van der Waals surface area (Å²) in [5.41, 5.74) is 2.16. The number of rotatable bonds is 3. The standard InChI is InChI=1S/C22H28N2O4/c1-23(2)21(26)27-17-6-5-15-13-24(12-14-3-4-14)10-9-22-8-7-16(25)11-18(22)28-20(17)19(15)22/h5-8,14,16,18,25H,3-4,9-13H2,1-2H3/t16-,18-,22-/m0/s1. The fourth-order valence-electron chi connectivity index (χ4n) is 4.92. The summed E-state index contributed by atoms with van der Waals surface area (Å²) in [5, 5.41) is 10.2. The van der Waals surface area contributed by atoms with Crippen LogP contribution in [0.1, 0.15) is 36.8 Å². The first-order valence-electron chi connectivity index (χ1n) is 10.3. The maximum Gasteiger partial charge on any atom is 0.414 e. The number of nitrogens with zero attached hydrogens (tertiary/aromatic N) is 2. The van der Waals surface area contributed by atoms with Gasteiger partial charge in [-0.1, -0.05) is 18.2 Å². The molecule has 6 nitrogen and oxygen atoms in total. The number of carbonyl (C=O) groups is 1. The Balaban J connectivity index is 1.57. The van der Waals surface area contributed by atoms with Gasteiger partial charge in [0.2, 0.25) is 0 Å². The van der Waals surface area contributed by atoms with Gasteiger partial charge in [0.1, 0.15) is 6.10 Å². The van der Waals surface area contributed by atoms with E-state index in [1.165, 1.54) is 23.3 Å². The van der Waals surface area contributed by atoms with Crippen molar-refractivity contribution < 1.29 is 19.4 Å². The summed E-state index contributed by atoms with van der Waals surface area (Å²) in [4.78, 5) is 16.1. The topological polar surface area (TPSA) is 62.2 Å². The van der Waals surface area contributed by atoms with Gasteiger partial charge in [0.25, 0.3) is 0 Å². The second kappa shape index (κ2) is 6.49. The second-order valence-corrected chi connectivity index (χ2v) is 8.93. The Bertz CT molecular complexity index is 832. The van der Waals surface area contributed by atoms with Gasteiger partial charge in [0, 0.05) is 39.2 Å². The number of hydrogen-bond acceptors (Lipinski definition) is 5. The minimum atomic E-state index is -0.494. The minimum Gasteiger partial charge on any atom is -0.485 e. The van der Waals surface area contributed by atoms with Crippen molar-refractivity contribution in [3.63, 3.8) is 0 Å². The maximum atomic E-state index is 12.2. The molecule has 5 rings (SSSR count). The van der Waals surface area contributed by atoms with E-state index in [0.29, 0.717) is 17.9 Å². The maximum absolute atomic E-state index is 12.2. The van der Waals surface area contributed by atoms with Gasteiger partial charge in [-0.15, -0.1) is 0 Å². The number of carbonyl (C=O) groups excluding carboxylic acids is 1. The van der Waals surface area contributed by atoms with Gasteiger partial charge in [-0.25, -0.2) is 4.79 Å². The van der Waals surface area contributed by atoms with E-state index in [9.17, 15) is 9.90 Å². The van der Waals surface area contributed by atoms with Crippen LogP contribution < -0.4 is 9.47 Å². The number of ether oxygens (including phenoxy) is 2. The van der Waals surface area contributed by atoms with Gasteiger partial charge in [0.05, 0.1) is 11.5 Å². The number of amides is 1. The molecule has 1 amide bonds. The Kier molecular flexibility index (Phi) is 4.18. The predicted octanol–water partition coefficient (Wildman–Crippen LogP) is 2.68. The van der Waals surface area contributed by atoms with Crippen LogP contribution in [-0.2, 0) is 12.0 Å². The van der Waals surface area contributed by atoms with E-state index in [-0.39, 0.29) is 11.5 Å². The van der Waals surface area contributed by atoms with Crippen LogP contribution in [0.5, 0.6) is 11.5 Å². The molecule has 2 heterocycles. The molecule has 1 spiro atoms. The lowest BCUT2D eigenvalue weighted by Crippen LogP contribution is -2.43. The smallest absolute Gasteiger partial charge is 0.414 e. The van der Waals surface area contributed by atoms with Crippen molar-refractivity contribution in [3.05, 3.63) is 35.4 Å². The van der Waals surface area contributed by atoms with Crippen molar-refractivity contribution in [3.8, 4) is 11.5 Å². The van der Waals surface area contributed by atoms with Crippen molar-refractivity contribution >= 4 is 6.09 Å². The Labute approximate surface area is 165 Å². The van der Waals surface area contributed by atoms with Crippen LogP contribution in [0.2, 0.25) is 0 Å². The molecule has 2 aliphatic heterocycles. The predicted molar refractivity (Wildman–Crippen MR) is 105 cm³/mol. The van der Waals surface area contributed by atoms with E-state index in [0.717, 1.165) is 37.5 Å².